The summed E-state index contributed by atoms with van der Waals surface area (Å²) in [6.07, 6.45) is 1.57. The lowest BCUT2D eigenvalue weighted by Gasteiger charge is -2.19. The maximum Gasteiger partial charge on any atom is 0.335 e. The first-order valence-corrected chi connectivity index (χ1v) is 6.27. The number of rotatable bonds is 2. The minimum Gasteiger partial charge on any atom is -0.478 e. The number of hydrogen-bond acceptors (Lipinski definition) is 3. The van der Waals surface area contributed by atoms with Crippen LogP contribution < -0.4 is 10.1 Å². The van der Waals surface area contributed by atoms with Crippen LogP contribution in [0.2, 0.25) is 0 Å². The number of ether oxygens (including phenoxy) is 1. The summed E-state index contributed by atoms with van der Waals surface area (Å²) in [5, 5.41) is 11.6. The van der Waals surface area contributed by atoms with E-state index in [0.29, 0.717) is 17.0 Å². The van der Waals surface area contributed by atoms with Crippen molar-refractivity contribution in [1.29, 1.82) is 0 Å². The molecule has 1 aliphatic rings. The summed E-state index contributed by atoms with van der Waals surface area (Å²) >= 11 is 0. The number of amides is 1. The fourth-order valence-corrected chi connectivity index (χ4v) is 1.98. The quantitative estimate of drug-likeness (QED) is 0.830. The molecule has 2 aromatic rings. The van der Waals surface area contributed by atoms with Crippen molar-refractivity contribution in [2.75, 3.05) is 5.32 Å². The number of para-hydroxylation sites is 2. The maximum absolute atomic E-state index is 11.9. The molecule has 2 N–H and O–H groups in total. The number of carboxylic acids is 1. The van der Waals surface area contributed by atoms with Gasteiger partial charge in [-0.3, -0.25) is 4.79 Å². The molecule has 0 bridgehead atoms. The summed E-state index contributed by atoms with van der Waals surface area (Å²) in [4.78, 5) is 22.7. The molecule has 0 saturated heterocycles. The van der Waals surface area contributed by atoms with Gasteiger partial charge in [0.2, 0.25) is 0 Å². The molecule has 5 nitrogen and oxygen atoms in total. The molecule has 0 unspecified atom stereocenters. The minimum absolute atomic E-state index is 0.164. The van der Waals surface area contributed by atoms with E-state index in [9.17, 15) is 9.59 Å². The molecule has 5 heteroatoms. The zero-order chi connectivity index (χ0) is 14.8. The predicted octanol–water partition coefficient (Wildman–Crippen LogP) is 2.76. The molecule has 1 aliphatic heterocycles. The number of aromatic carboxylic acids is 1. The third-order valence-corrected chi connectivity index (χ3v) is 3.03. The Morgan fingerprint density at radius 2 is 1.81 bits per heavy atom. The van der Waals surface area contributed by atoms with E-state index in [2.05, 4.69) is 5.32 Å². The van der Waals surface area contributed by atoms with Gasteiger partial charge in [-0.25, -0.2) is 4.79 Å². The molecule has 0 fully saturated rings. The van der Waals surface area contributed by atoms with Crippen molar-refractivity contribution in [1.82, 2.24) is 0 Å². The lowest BCUT2D eigenvalue weighted by Crippen LogP contribution is -2.23. The minimum atomic E-state index is -0.991. The van der Waals surface area contributed by atoms with E-state index in [0.717, 1.165) is 0 Å². The number of nitrogens with one attached hydrogen (secondary N) is 1. The Labute approximate surface area is 120 Å². The third-order valence-electron chi connectivity index (χ3n) is 3.03. The van der Waals surface area contributed by atoms with Gasteiger partial charge in [0.1, 0.15) is 0 Å². The van der Waals surface area contributed by atoms with Crippen LogP contribution in [0.4, 0.5) is 5.69 Å². The zero-order valence-corrected chi connectivity index (χ0v) is 10.9. The molecule has 0 saturated carbocycles. The summed E-state index contributed by atoms with van der Waals surface area (Å²) in [5.74, 6) is -0.590. The van der Waals surface area contributed by atoms with Crippen molar-refractivity contribution in [2.24, 2.45) is 0 Å². The van der Waals surface area contributed by atoms with Gasteiger partial charge in [0.05, 0.1) is 11.3 Å². The molecule has 0 radical (unpaired) electrons. The SMILES string of the molecule is O=C1Nc2ccccc2O/C1=C/c1ccc(C(=O)O)cc1. The van der Waals surface area contributed by atoms with Crippen molar-refractivity contribution in [2.45, 2.75) is 0 Å². The van der Waals surface area contributed by atoms with Crippen molar-refractivity contribution in [3.05, 3.63) is 65.4 Å². The van der Waals surface area contributed by atoms with Crippen LogP contribution in [0.3, 0.4) is 0 Å². The van der Waals surface area contributed by atoms with Gasteiger partial charge < -0.3 is 15.2 Å². The van der Waals surface area contributed by atoms with Gasteiger partial charge in [0.25, 0.3) is 5.91 Å². The summed E-state index contributed by atoms with van der Waals surface area (Å²) in [7, 11) is 0. The average Bonchev–Trinajstić information content (AvgIpc) is 2.48. The first-order valence-electron chi connectivity index (χ1n) is 6.27. The first-order chi connectivity index (χ1) is 10.1. The normalized spacial score (nSPS) is 15.0. The third kappa shape index (κ3) is 2.62. The van der Waals surface area contributed by atoms with E-state index in [1.807, 2.05) is 12.1 Å². The Hall–Kier alpha value is -3.08. The highest BCUT2D eigenvalue weighted by molar-refractivity contribution is 6.08. The van der Waals surface area contributed by atoms with E-state index in [1.54, 1.807) is 30.3 Å². The summed E-state index contributed by atoms with van der Waals surface area (Å²) < 4.78 is 5.56. The van der Waals surface area contributed by atoms with Crippen LogP contribution in [0.5, 0.6) is 5.75 Å². The smallest absolute Gasteiger partial charge is 0.335 e. The fourth-order valence-electron chi connectivity index (χ4n) is 1.98. The Bertz CT molecular complexity index is 747. The number of carbonyl (C=O) groups excluding carboxylic acids is 1. The van der Waals surface area contributed by atoms with Gasteiger partial charge in [-0.15, -0.1) is 0 Å². The van der Waals surface area contributed by atoms with Crippen molar-refractivity contribution in [3.8, 4) is 5.75 Å². The van der Waals surface area contributed by atoms with Gasteiger partial charge in [0, 0.05) is 0 Å². The molecule has 104 valence electrons. The van der Waals surface area contributed by atoms with Crippen LogP contribution >= 0.6 is 0 Å². The number of hydrogen-bond donors (Lipinski definition) is 2. The van der Waals surface area contributed by atoms with Crippen LogP contribution in [-0.4, -0.2) is 17.0 Å². The predicted molar refractivity (Wildman–Crippen MR) is 77.1 cm³/mol. The van der Waals surface area contributed by atoms with E-state index >= 15 is 0 Å². The largest absolute Gasteiger partial charge is 0.478 e. The van der Waals surface area contributed by atoms with Gasteiger partial charge >= 0.3 is 5.97 Å². The lowest BCUT2D eigenvalue weighted by atomic mass is 10.1. The number of carbonyl (C=O) groups is 2. The van der Waals surface area contributed by atoms with Crippen LogP contribution in [0, 0.1) is 0 Å². The van der Waals surface area contributed by atoms with E-state index in [-0.39, 0.29) is 17.2 Å². The highest BCUT2D eigenvalue weighted by Gasteiger charge is 2.21. The highest BCUT2D eigenvalue weighted by atomic mass is 16.5. The molecule has 1 amide bonds. The van der Waals surface area contributed by atoms with Crippen LogP contribution in [0.15, 0.2) is 54.3 Å². The van der Waals surface area contributed by atoms with Crippen molar-refractivity contribution < 1.29 is 19.4 Å². The van der Waals surface area contributed by atoms with E-state index in [4.69, 9.17) is 9.84 Å². The molecule has 2 aromatic carbocycles. The van der Waals surface area contributed by atoms with Crippen LogP contribution in [-0.2, 0) is 4.79 Å². The topological polar surface area (TPSA) is 75.6 Å². The number of fused-ring (bicyclic) bond motifs is 1. The number of carboxylic acid groups (broad SMARTS) is 1. The molecule has 21 heavy (non-hydrogen) atoms. The maximum atomic E-state index is 11.9. The van der Waals surface area contributed by atoms with E-state index in [1.165, 1.54) is 12.1 Å². The Morgan fingerprint density at radius 1 is 1.10 bits per heavy atom. The molecule has 0 aromatic heterocycles. The van der Waals surface area contributed by atoms with Crippen LogP contribution in [0.1, 0.15) is 15.9 Å². The summed E-state index contributed by atoms with van der Waals surface area (Å²) in [5.41, 5.74) is 1.50. The molecular formula is C16H11NO4. The molecule has 0 aliphatic carbocycles. The van der Waals surface area contributed by atoms with Crippen molar-refractivity contribution in [3.63, 3.8) is 0 Å². The van der Waals surface area contributed by atoms with Gasteiger partial charge in [-0.1, -0.05) is 24.3 Å². The van der Waals surface area contributed by atoms with Gasteiger partial charge in [-0.2, -0.15) is 0 Å². The molecular weight excluding hydrogens is 270 g/mol. The van der Waals surface area contributed by atoms with Crippen LogP contribution in [0.25, 0.3) is 6.08 Å². The highest BCUT2D eigenvalue weighted by Crippen LogP contribution is 2.30. The number of anilines is 1. The first kappa shape index (κ1) is 12.9. The molecule has 3 rings (SSSR count). The fraction of sp³-hybridized carbons (Fsp3) is 0. The Kier molecular flexibility index (Phi) is 3.16. The summed E-state index contributed by atoms with van der Waals surface area (Å²) in [6.45, 7) is 0. The molecule has 0 atom stereocenters. The van der Waals surface area contributed by atoms with Crippen molar-refractivity contribution >= 4 is 23.6 Å². The second kappa shape index (κ2) is 5.13. The molecule has 0 spiro atoms. The second-order valence-corrected chi connectivity index (χ2v) is 4.49. The van der Waals surface area contributed by atoms with Gasteiger partial charge in [-0.05, 0) is 35.9 Å². The van der Waals surface area contributed by atoms with Gasteiger partial charge in [0.15, 0.2) is 11.5 Å². The number of benzene rings is 2. The Morgan fingerprint density at radius 3 is 2.52 bits per heavy atom. The standard InChI is InChI=1S/C16H11NO4/c18-15-14(21-13-4-2-1-3-12(13)17-15)9-10-5-7-11(8-6-10)16(19)20/h1-9H,(H,17,18)(H,19,20)/b14-9+. The Balaban J connectivity index is 1.90. The summed E-state index contributed by atoms with van der Waals surface area (Å²) in [6, 6.07) is 13.3. The second-order valence-electron chi connectivity index (χ2n) is 4.49. The average molecular weight is 281 g/mol. The van der Waals surface area contributed by atoms with E-state index < -0.39 is 5.97 Å². The monoisotopic (exact) mass is 281 g/mol. The molecule has 1 heterocycles. The lowest BCUT2D eigenvalue weighted by molar-refractivity contribution is -0.115. The zero-order valence-electron chi connectivity index (χ0n) is 10.9.